The van der Waals surface area contributed by atoms with E-state index in [1.165, 1.54) is 11.3 Å². The van der Waals surface area contributed by atoms with E-state index in [4.69, 9.17) is 0 Å². The smallest absolute Gasteiger partial charge is 0.252 e. The summed E-state index contributed by atoms with van der Waals surface area (Å²) < 4.78 is 1.67. The van der Waals surface area contributed by atoms with Crippen molar-refractivity contribution in [3.8, 4) is 0 Å². The van der Waals surface area contributed by atoms with Crippen LogP contribution in [-0.4, -0.2) is 45.6 Å². The van der Waals surface area contributed by atoms with Crippen molar-refractivity contribution in [2.24, 2.45) is 0 Å². The average molecular weight is 332 g/mol. The highest BCUT2D eigenvalue weighted by atomic mass is 32.1. The Morgan fingerprint density at radius 3 is 2.78 bits per heavy atom. The maximum atomic E-state index is 12.3. The van der Waals surface area contributed by atoms with E-state index in [1.807, 2.05) is 34.8 Å². The quantitative estimate of drug-likeness (QED) is 0.926. The van der Waals surface area contributed by atoms with Gasteiger partial charge in [-0.3, -0.25) is 14.3 Å². The van der Waals surface area contributed by atoms with E-state index in [0.717, 1.165) is 18.4 Å². The molecule has 7 heteroatoms. The predicted molar refractivity (Wildman–Crippen MR) is 88.4 cm³/mol. The number of nitrogens with one attached hydrogen (secondary N) is 1. The summed E-state index contributed by atoms with van der Waals surface area (Å²) in [5, 5.41) is 10.9. The van der Waals surface area contributed by atoms with Gasteiger partial charge in [-0.25, -0.2) is 0 Å². The number of hydrogen-bond donors (Lipinski definition) is 1. The number of thiophene rings is 1. The Balaban J connectivity index is 1.46. The van der Waals surface area contributed by atoms with Crippen molar-refractivity contribution in [1.82, 2.24) is 20.0 Å². The lowest BCUT2D eigenvalue weighted by Crippen LogP contribution is -2.47. The summed E-state index contributed by atoms with van der Waals surface area (Å²) in [6.07, 6.45) is 5.20. The van der Waals surface area contributed by atoms with Gasteiger partial charge in [-0.15, -0.1) is 0 Å². The van der Waals surface area contributed by atoms with Crippen LogP contribution in [0.2, 0.25) is 0 Å². The van der Waals surface area contributed by atoms with E-state index >= 15 is 0 Å². The molecule has 0 bridgehead atoms. The molecule has 2 aromatic rings. The van der Waals surface area contributed by atoms with Gasteiger partial charge in [0.1, 0.15) is 6.54 Å². The van der Waals surface area contributed by atoms with E-state index in [1.54, 1.807) is 10.9 Å². The summed E-state index contributed by atoms with van der Waals surface area (Å²) in [5.74, 6) is 0.0544. The van der Waals surface area contributed by atoms with Gasteiger partial charge in [0.2, 0.25) is 5.91 Å². The molecule has 0 atom stereocenters. The Kier molecular flexibility index (Phi) is 4.76. The molecule has 0 radical (unpaired) electrons. The van der Waals surface area contributed by atoms with Crippen molar-refractivity contribution in [3.63, 3.8) is 0 Å². The fourth-order valence-corrected chi connectivity index (χ4v) is 3.36. The zero-order valence-corrected chi connectivity index (χ0v) is 13.9. The second-order valence-electron chi connectivity index (χ2n) is 5.86. The largest absolute Gasteiger partial charge is 0.349 e. The average Bonchev–Trinajstić information content (AvgIpc) is 3.20. The standard InChI is InChI=1S/C16H20N4O2S/c1-12-8-17-20(9-12)10-15(21)19-5-2-14(3-6-19)18-16(22)13-4-7-23-11-13/h4,7-9,11,14H,2-3,5-6,10H2,1H3,(H,18,22). The second-order valence-corrected chi connectivity index (χ2v) is 6.64. The molecule has 1 saturated heterocycles. The first-order valence-electron chi connectivity index (χ1n) is 7.72. The first-order chi connectivity index (χ1) is 11.1. The van der Waals surface area contributed by atoms with E-state index in [0.29, 0.717) is 18.7 Å². The molecule has 23 heavy (non-hydrogen) atoms. The molecule has 2 amide bonds. The number of nitrogens with zero attached hydrogens (tertiary/aromatic N) is 3. The summed E-state index contributed by atoms with van der Waals surface area (Å²) >= 11 is 1.51. The number of piperidine rings is 1. The monoisotopic (exact) mass is 332 g/mol. The zero-order valence-electron chi connectivity index (χ0n) is 13.1. The third-order valence-corrected chi connectivity index (χ3v) is 4.71. The lowest BCUT2D eigenvalue weighted by atomic mass is 10.0. The highest BCUT2D eigenvalue weighted by Crippen LogP contribution is 2.13. The zero-order chi connectivity index (χ0) is 16.2. The van der Waals surface area contributed by atoms with Crippen molar-refractivity contribution in [2.75, 3.05) is 13.1 Å². The number of rotatable bonds is 4. The lowest BCUT2D eigenvalue weighted by Gasteiger charge is -2.32. The molecule has 3 heterocycles. The normalized spacial score (nSPS) is 15.6. The van der Waals surface area contributed by atoms with Crippen LogP contribution >= 0.6 is 11.3 Å². The Morgan fingerprint density at radius 1 is 1.39 bits per heavy atom. The van der Waals surface area contributed by atoms with Crippen molar-refractivity contribution in [3.05, 3.63) is 40.3 Å². The summed E-state index contributed by atoms with van der Waals surface area (Å²) in [6.45, 7) is 3.58. The van der Waals surface area contributed by atoms with Crippen molar-refractivity contribution < 1.29 is 9.59 Å². The Bertz CT molecular complexity index is 672. The van der Waals surface area contributed by atoms with Gasteiger partial charge in [0, 0.05) is 36.3 Å². The number of carbonyl (C=O) groups excluding carboxylic acids is 2. The maximum absolute atomic E-state index is 12.3. The highest BCUT2D eigenvalue weighted by molar-refractivity contribution is 7.08. The Labute approximate surface area is 139 Å². The third-order valence-electron chi connectivity index (χ3n) is 4.03. The van der Waals surface area contributed by atoms with Crippen LogP contribution in [0.25, 0.3) is 0 Å². The van der Waals surface area contributed by atoms with Gasteiger partial charge < -0.3 is 10.2 Å². The SMILES string of the molecule is Cc1cnn(CC(=O)N2CCC(NC(=O)c3ccsc3)CC2)c1. The molecule has 0 spiro atoms. The molecular weight excluding hydrogens is 312 g/mol. The van der Waals surface area contributed by atoms with Crippen LogP contribution in [0.1, 0.15) is 28.8 Å². The molecule has 122 valence electrons. The second kappa shape index (κ2) is 6.95. The molecule has 0 saturated carbocycles. The van der Waals surface area contributed by atoms with E-state index in [-0.39, 0.29) is 24.4 Å². The van der Waals surface area contributed by atoms with Crippen LogP contribution in [0.5, 0.6) is 0 Å². The van der Waals surface area contributed by atoms with Crippen LogP contribution in [0.15, 0.2) is 29.2 Å². The minimum atomic E-state index is -0.0250. The number of aromatic nitrogens is 2. The van der Waals surface area contributed by atoms with E-state index < -0.39 is 0 Å². The molecule has 1 fully saturated rings. The number of carbonyl (C=O) groups is 2. The lowest BCUT2D eigenvalue weighted by molar-refractivity contribution is -0.133. The number of amides is 2. The first kappa shape index (κ1) is 15.7. The minimum Gasteiger partial charge on any atom is -0.349 e. The summed E-state index contributed by atoms with van der Waals surface area (Å²) in [7, 11) is 0. The van der Waals surface area contributed by atoms with Gasteiger partial charge in [0.05, 0.1) is 6.20 Å². The highest BCUT2D eigenvalue weighted by Gasteiger charge is 2.24. The molecule has 0 aliphatic carbocycles. The van der Waals surface area contributed by atoms with Crippen molar-refractivity contribution >= 4 is 23.2 Å². The fraction of sp³-hybridized carbons (Fsp3) is 0.438. The fourth-order valence-electron chi connectivity index (χ4n) is 2.73. The molecule has 3 rings (SSSR count). The molecular formula is C16H20N4O2S. The summed E-state index contributed by atoms with van der Waals surface area (Å²) in [4.78, 5) is 26.2. The molecule has 0 aromatic carbocycles. The van der Waals surface area contributed by atoms with Gasteiger partial charge in [0.15, 0.2) is 0 Å². The van der Waals surface area contributed by atoms with Gasteiger partial charge in [-0.2, -0.15) is 16.4 Å². The van der Waals surface area contributed by atoms with E-state index in [2.05, 4.69) is 10.4 Å². The number of aryl methyl sites for hydroxylation is 1. The molecule has 2 aromatic heterocycles. The van der Waals surface area contributed by atoms with Crippen LogP contribution in [-0.2, 0) is 11.3 Å². The predicted octanol–water partition coefficient (Wildman–Crippen LogP) is 1.67. The topological polar surface area (TPSA) is 67.2 Å². The molecule has 1 aliphatic rings. The van der Waals surface area contributed by atoms with Gasteiger partial charge in [0.25, 0.3) is 5.91 Å². The van der Waals surface area contributed by atoms with Crippen LogP contribution < -0.4 is 5.32 Å². The first-order valence-corrected chi connectivity index (χ1v) is 8.66. The number of likely N-dealkylation sites (tertiary alicyclic amines) is 1. The minimum absolute atomic E-state index is 0.0250. The van der Waals surface area contributed by atoms with Gasteiger partial charge >= 0.3 is 0 Å². The molecule has 1 aliphatic heterocycles. The van der Waals surface area contributed by atoms with Gasteiger partial charge in [-0.05, 0) is 36.8 Å². The summed E-state index contributed by atoms with van der Waals surface area (Å²) in [6, 6.07) is 1.96. The summed E-state index contributed by atoms with van der Waals surface area (Å²) in [5.41, 5.74) is 1.76. The van der Waals surface area contributed by atoms with Crippen LogP contribution in [0.4, 0.5) is 0 Å². The van der Waals surface area contributed by atoms with Crippen molar-refractivity contribution in [2.45, 2.75) is 32.4 Å². The van der Waals surface area contributed by atoms with E-state index in [9.17, 15) is 9.59 Å². The molecule has 6 nitrogen and oxygen atoms in total. The van der Waals surface area contributed by atoms with Crippen LogP contribution in [0.3, 0.4) is 0 Å². The van der Waals surface area contributed by atoms with Gasteiger partial charge in [-0.1, -0.05) is 0 Å². The Hall–Kier alpha value is -2.15. The number of hydrogen-bond acceptors (Lipinski definition) is 4. The Morgan fingerprint density at radius 2 is 2.17 bits per heavy atom. The molecule has 1 N–H and O–H groups in total. The van der Waals surface area contributed by atoms with Crippen molar-refractivity contribution in [1.29, 1.82) is 0 Å². The third kappa shape index (κ3) is 3.98. The van der Waals surface area contributed by atoms with Crippen LogP contribution in [0, 0.1) is 6.92 Å². The molecule has 0 unspecified atom stereocenters. The maximum Gasteiger partial charge on any atom is 0.252 e.